The van der Waals surface area contributed by atoms with Crippen LogP contribution in [0.3, 0.4) is 0 Å². The average molecular weight is 333 g/mol. The van der Waals surface area contributed by atoms with Gasteiger partial charge < -0.3 is 14.9 Å². The second kappa shape index (κ2) is 7.03. The Hall–Kier alpha value is -1.73. The number of aliphatic hydroxyl groups excluding tert-OH is 1. The maximum atomic E-state index is 9.13. The van der Waals surface area contributed by atoms with E-state index in [1.165, 1.54) is 12.8 Å². The minimum Gasteiger partial charge on any atom is -0.394 e. The lowest BCUT2D eigenvalue weighted by Crippen LogP contribution is -2.26. The van der Waals surface area contributed by atoms with Gasteiger partial charge in [0.1, 0.15) is 0 Å². The zero-order valence-corrected chi connectivity index (χ0v) is 14.9. The third kappa shape index (κ3) is 3.52. The molecule has 2 aromatic rings. The molecule has 1 aliphatic carbocycles. The maximum Gasteiger partial charge on any atom is 0.244 e. The third-order valence-corrected chi connectivity index (χ3v) is 4.67. The van der Waals surface area contributed by atoms with Crippen LogP contribution in [0.25, 0.3) is 0 Å². The van der Waals surface area contributed by atoms with Crippen molar-refractivity contribution in [3.05, 3.63) is 28.7 Å². The first kappa shape index (κ1) is 17.1. The molecule has 2 N–H and O–H groups in total. The molecule has 1 fully saturated rings. The highest BCUT2D eigenvalue weighted by Gasteiger charge is 2.31. The fourth-order valence-electron chi connectivity index (χ4n) is 3.00. The summed E-state index contributed by atoms with van der Waals surface area (Å²) in [6.45, 7) is 9.63. The first-order valence-corrected chi connectivity index (χ1v) is 8.71. The molecule has 0 spiro atoms. The number of aromatic nitrogens is 4. The maximum absolute atomic E-state index is 9.13. The van der Waals surface area contributed by atoms with Crippen LogP contribution < -0.4 is 5.32 Å². The first-order valence-electron chi connectivity index (χ1n) is 8.71. The van der Waals surface area contributed by atoms with Crippen LogP contribution in [0.15, 0.2) is 4.52 Å². The molecule has 0 amide bonds. The van der Waals surface area contributed by atoms with Crippen molar-refractivity contribution < 1.29 is 9.63 Å². The predicted octanol–water partition coefficient (Wildman–Crippen LogP) is 2.24. The fourth-order valence-corrected chi connectivity index (χ4v) is 3.00. The van der Waals surface area contributed by atoms with Gasteiger partial charge in [0.25, 0.3) is 0 Å². The zero-order valence-electron chi connectivity index (χ0n) is 14.9. The highest BCUT2D eigenvalue weighted by molar-refractivity contribution is 5.24. The Balaban J connectivity index is 1.72. The van der Waals surface area contributed by atoms with Crippen molar-refractivity contribution in [2.45, 2.75) is 65.6 Å². The van der Waals surface area contributed by atoms with E-state index < -0.39 is 0 Å². The molecule has 0 bridgehead atoms. The summed E-state index contributed by atoms with van der Waals surface area (Å²) >= 11 is 0. The van der Waals surface area contributed by atoms with Crippen molar-refractivity contribution in [2.75, 3.05) is 6.61 Å². The van der Waals surface area contributed by atoms with Crippen molar-refractivity contribution in [2.24, 2.45) is 5.92 Å². The Kier molecular flexibility index (Phi) is 5.01. The smallest absolute Gasteiger partial charge is 0.244 e. The van der Waals surface area contributed by atoms with Gasteiger partial charge >= 0.3 is 0 Å². The van der Waals surface area contributed by atoms with E-state index in [1.54, 1.807) is 0 Å². The summed E-state index contributed by atoms with van der Waals surface area (Å²) in [4.78, 5) is 4.59. The number of rotatable bonds is 8. The Bertz CT molecular complexity index is 687. The fraction of sp³-hybridized carbons (Fsp3) is 0.706. The summed E-state index contributed by atoms with van der Waals surface area (Å²) in [7, 11) is 0. The van der Waals surface area contributed by atoms with E-state index in [1.807, 2.05) is 18.5 Å². The van der Waals surface area contributed by atoms with Gasteiger partial charge in [-0.3, -0.25) is 4.68 Å². The van der Waals surface area contributed by atoms with Gasteiger partial charge in [-0.15, -0.1) is 0 Å². The average Bonchev–Trinajstić information content (AvgIpc) is 3.22. The van der Waals surface area contributed by atoms with Crippen molar-refractivity contribution in [3.8, 4) is 0 Å². The molecule has 3 rings (SSSR count). The summed E-state index contributed by atoms with van der Waals surface area (Å²) in [6.07, 6.45) is 2.34. The van der Waals surface area contributed by atoms with E-state index in [-0.39, 0.29) is 12.6 Å². The second-order valence-corrected chi connectivity index (χ2v) is 6.96. The van der Waals surface area contributed by atoms with E-state index in [2.05, 4.69) is 34.4 Å². The second-order valence-electron chi connectivity index (χ2n) is 6.96. The van der Waals surface area contributed by atoms with Gasteiger partial charge in [0.2, 0.25) is 5.89 Å². The Morgan fingerprint density at radius 3 is 2.71 bits per heavy atom. The van der Waals surface area contributed by atoms with Gasteiger partial charge in [-0.2, -0.15) is 10.1 Å². The number of nitrogens with zero attached hydrogens (tertiary/aromatic N) is 4. The van der Waals surface area contributed by atoms with Crippen molar-refractivity contribution >= 4 is 0 Å². The van der Waals surface area contributed by atoms with Crippen LogP contribution in [-0.2, 0) is 13.1 Å². The molecular formula is C17H27N5O2. The topological polar surface area (TPSA) is 89.0 Å². The van der Waals surface area contributed by atoms with Crippen molar-refractivity contribution in [3.63, 3.8) is 0 Å². The van der Waals surface area contributed by atoms with Crippen molar-refractivity contribution in [1.29, 1.82) is 0 Å². The van der Waals surface area contributed by atoms with Crippen LogP contribution in [0, 0.1) is 19.8 Å². The summed E-state index contributed by atoms with van der Waals surface area (Å²) in [5, 5.41) is 21.3. The minimum absolute atomic E-state index is 0.0185. The summed E-state index contributed by atoms with van der Waals surface area (Å²) in [5.41, 5.74) is 3.23. The molecule has 7 heteroatoms. The molecular weight excluding hydrogens is 306 g/mol. The molecule has 132 valence electrons. The van der Waals surface area contributed by atoms with Crippen LogP contribution in [0.5, 0.6) is 0 Å². The van der Waals surface area contributed by atoms with Gasteiger partial charge in [-0.25, -0.2) is 0 Å². The van der Waals surface area contributed by atoms with Crippen molar-refractivity contribution in [1.82, 2.24) is 25.2 Å². The molecule has 0 saturated heterocycles. The largest absolute Gasteiger partial charge is 0.394 e. The normalized spacial score (nSPS) is 16.1. The molecule has 1 atom stereocenters. The molecule has 0 radical (unpaired) electrons. The highest BCUT2D eigenvalue weighted by atomic mass is 16.5. The van der Waals surface area contributed by atoms with Gasteiger partial charge in [-0.1, -0.05) is 19.0 Å². The number of nitrogens with one attached hydrogen (secondary N) is 1. The van der Waals surface area contributed by atoms with E-state index in [0.29, 0.717) is 30.8 Å². The third-order valence-electron chi connectivity index (χ3n) is 4.67. The van der Waals surface area contributed by atoms with Crippen LogP contribution in [-0.4, -0.2) is 31.6 Å². The van der Waals surface area contributed by atoms with Crippen LogP contribution >= 0.6 is 0 Å². The number of aryl methyl sites for hydroxylation is 1. The quantitative estimate of drug-likeness (QED) is 0.770. The van der Waals surface area contributed by atoms with Crippen LogP contribution in [0.1, 0.15) is 67.3 Å². The van der Waals surface area contributed by atoms with Gasteiger partial charge in [0, 0.05) is 23.7 Å². The van der Waals surface area contributed by atoms with E-state index in [9.17, 15) is 0 Å². The highest BCUT2D eigenvalue weighted by Crippen LogP contribution is 2.38. The first-order chi connectivity index (χ1) is 11.5. The SMILES string of the molecule is Cc1nn(CCO)c(C)c1CNC(c1nc(C2CC2)no1)C(C)C. The number of aliphatic hydroxyl groups is 1. The van der Waals surface area contributed by atoms with E-state index >= 15 is 0 Å². The molecule has 0 aliphatic heterocycles. The van der Waals surface area contributed by atoms with Gasteiger partial charge in [-0.05, 0) is 32.6 Å². The van der Waals surface area contributed by atoms with E-state index in [4.69, 9.17) is 9.63 Å². The minimum atomic E-state index is 0.0185. The molecule has 24 heavy (non-hydrogen) atoms. The summed E-state index contributed by atoms with van der Waals surface area (Å²) < 4.78 is 7.36. The van der Waals surface area contributed by atoms with Crippen LogP contribution in [0.4, 0.5) is 0 Å². The lowest BCUT2D eigenvalue weighted by Gasteiger charge is -2.18. The Morgan fingerprint density at radius 1 is 1.33 bits per heavy atom. The number of hydrogen-bond acceptors (Lipinski definition) is 6. The monoisotopic (exact) mass is 333 g/mol. The molecule has 2 aromatic heterocycles. The summed E-state index contributed by atoms with van der Waals surface area (Å²) in [5.74, 6) is 2.35. The molecule has 0 aromatic carbocycles. The van der Waals surface area contributed by atoms with Gasteiger partial charge in [0.05, 0.1) is 24.9 Å². The Labute approximate surface area is 142 Å². The molecule has 1 saturated carbocycles. The lowest BCUT2D eigenvalue weighted by molar-refractivity contribution is 0.267. The van der Waals surface area contributed by atoms with E-state index in [0.717, 1.165) is 22.8 Å². The number of hydrogen-bond donors (Lipinski definition) is 2. The molecule has 1 aliphatic rings. The van der Waals surface area contributed by atoms with Crippen LogP contribution in [0.2, 0.25) is 0 Å². The standard InChI is InChI=1S/C17H27N5O2/c1-10(2)15(17-19-16(21-24-17)13-5-6-13)18-9-14-11(3)20-22(7-8-23)12(14)4/h10,13,15,18,23H,5-9H2,1-4H3. The molecule has 2 heterocycles. The summed E-state index contributed by atoms with van der Waals surface area (Å²) in [6, 6.07) is 0.0185. The molecule has 7 nitrogen and oxygen atoms in total. The Morgan fingerprint density at radius 2 is 2.08 bits per heavy atom. The predicted molar refractivity (Wildman–Crippen MR) is 89.5 cm³/mol. The zero-order chi connectivity index (χ0) is 17.3. The van der Waals surface area contributed by atoms with Gasteiger partial charge in [0.15, 0.2) is 5.82 Å². The lowest BCUT2D eigenvalue weighted by atomic mass is 10.0. The molecule has 1 unspecified atom stereocenters.